The molecule has 0 atom stereocenters. The molecule has 0 amide bonds. The van der Waals surface area contributed by atoms with Gasteiger partial charge in [-0.25, -0.2) is 0 Å². The van der Waals surface area contributed by atoms with E-state index in [-0.39, 0.29) is 5.78 Å². The van der Waals surface area contributed by atoms with Crippen molar-refractivity contribution in [2.45, 2.75) is 61.1 Å². The van der Waals surface area contributed by atoms with Gasteiger partial charge in [0.1, 0.15) is 0 Å². The van der Waals surface area contributed by atoms with Gasteiger partial charge in [0.15, 0.2) is 5.78 Å². The normalized spacial score (nSPS) is 11.9. The minimum atomic E-state index is 0.243. The van der Waals surface area contributed by atoms with Crippen LogP contribution in [-0.4, -0.2) is 34.4 Å². The molecule has 0 N–H and O–H groups in total. The summed E-state index contributed by atoms with van der Waals surface area (Å²) in [4.78, 5) is 14.9. The van der Waals surface area contributed by atoms with Crippen molar-refractivity contribution in [2.24, 2.45) is 5.92 Å². The van der Waals surface area contributed by atoms with Gasteiger partial charge in [0.2, 0.25) is 0 Å². The highest BCUT2D eigenvalue weighted by molar-refractivity contribution is 5.99. The molecule has 1 heterocycles. The van der Waals surface area contributed by atoms with Gasteiger partial charge in [0.05, 0.1) is 6.54 Å². The van der Waals surface area contributed by atoms with Crippen molar-refractivity contribution < 1.29 is 4.79 Å². The third-order valence-electron chi connectivity index (χ3n) is 3.87. The number of carbonyl (C=O) groups excluding carboxylic acids is 1. The molecule has 0 spiro atoms. The first kappa shape index (κ1) is 17.0. The maximum Gasteiger partial charge on any atom is 0.178 e. The summed E-state index contributed by atoms with van der Waals surface area (Å²) in [7, 11) is 0. The third-order valence-corrected chi connectivity index (χ3v) is 3.87. The first-order chi connectivity index (χ1) is 9.27. The fourth-order valence-electron chi connectivity index (χ4n) is 2.77. The first-order valence-electron chi connectivity index (χ1n) is 7.71. The number of Topliss-reactive ketones (excluding diaryl/α,β-unsaturated/α-hetero) is 1. The van der Waals surface area contributed by atoms with Crippen molar-refractivity contribution in [3.8, 4) is 0 Å². The lowest BCUT2D eigenvalue weighted by atomic mass is 10.1. The molecule has 1 aromatic rings. The molecule has 0 fully saturated rings. The van der Waals surface area contributed by atoms with E-state index in [9.17, 15) is 4.79 Å². The Hall–Kier alpha value is -1.09. The van der Waals surface area contributed by atoms with Gasteiger partial charge in [-0.1, -0.05) is 13.8 Å². The van der Waals surface area contributed by atoms with Crippen molar-refractivity contribution in [1.82, 2.24) is 9.47 Å². The zero-order valence-electron chi connectivity index (χ0n) is 14.2. The molecule has 0 aliphatic heterocycles. The van der Waals surface area contributed by atoms with Gasteiger partial charge in [-0.15, -0.1) is 0 Å². The molecule has 0 saturated carbocycles. The molecule has 0 unspecified atom stereocenters. The van der Waals surface area contributed by atoms with Crippen LogP contribution in [0.3, 0.4) is 0 Å². The summed E-state index contributed by atoms with van der Waals surface area (Å²) in [6.45, 7) is 17.4. The van der Waals surface area contributed by atoms with Crippen molar-refractivity contribution in [3.05, 3.63) is 23.0 Å². The molecule has 0 aliphatic carbocycles. The Morgan fingerprint density at radius 1 is 1.25 bits per heavy atom. The monoisotopic (exact) mass is 278 g/mol. The Balaban J connectivity index is 2.89. The Bertz CT molecular complexity index is 458. The summed E-state index contributed by atoms with van der Waals surface area (Å²) in [6.07, 6.45) is 0. The van der Waals surface area contributed by atoms with E-state index in [4.69, 9.17) is 0 Å². The molecule has 1 rings (SSSR count). The minimum Gasteiger partial charge on any atom is -0.349 e. The van der Waals surface area contributed by atoms with Gasteiger partial charge < -0.3 is 4.57 Å². The van der Waals surface area contributed by atoms with Crippen LogP contribution in [0.15, 0.2) is 6.07 Å². The smallest absolute Gasteiger partial charge is 0.178 e. The third kappa shape index (κ3) is 3.95. The standard InChI is InChI=1S/C17H30N2O/c1-8-19-14(6)9-16(15(19)7)17(20)11-18(13(4)5)10-12(2)3/h9,12-13H,8,10-11H2,1-7H3. The van der Waals surface area contributed by atoms with E-state index in [2.05, 4.69) is 51.0 Å². The van der Waals surface area contributed by atoms with Crippen molar-refractivity contribution in [2.75, 3.05) is 13.1 Å². The maximum absolute atomic E-state index is 12.6. The van der Waals surface area contributed by atoms with Crippen LogP contribution in [-0.2, 0) is 6.54 Å². The van der Waals surface area contributed by atoms with E-state index < -0.39 is 0 Å². The number of nitrogens with zero attached hydrogens (tertiary/aromatic N) is 2. The number of carbonyl (C=O) groups is 1. The van der Waals surface area contributed by atoms with Gasteiger partial charge in [0.25, 0.3) is 0 Å². The lowest BCUT2D eigenvalue weighted by molar-refractivity contribution is 0.0892. The van der Waals surface area contributed by atoms with Crippen LogP contribution in [0.2, 0.25) is 0 Å². The maximum atomic E-state index is 12.6. The molecule has 3 nitrogen and oxygen atoms in total. The van der Waals surface area contributed by atoms with Gasteiger partial charge in [0, 0.05) is 36.1 Å². The van der Waals surface area contributed by atoms with Crippen LogP contribution in [0, 0.1) is 19.8 Å². The highest BCUT2D eigenvalue weighted by Crippen LogP contribution is 2.17. The Kier molecular flexibility index (Phi) is 6.00. The zero-order chi connectivity index (χ0) is 15.4. The van der Waals surface area contributed by atoms with Gasteiger partial charge in [-0.05, 0) is 46.6 Å². The van der Waals surface area contributed by atoms with E-state index in [1.165, 1.54) is 5.69 Å². The van der Waals surface area contributed by atoms with E-state index in [0.717, 1.165) is 24.3 Å². The number of ketones is 1. The summed E-state index contributed by atoms with van der Waals surface area (Å²) in [5.74, 6) is 0.820. The SMILES string of the molecule is CCn1c(C)cc(C(=O)CN(CC(C)C)C(C)C)c1C. The van der Waals surface area contributed by atoms with Crippen LogP contribution in [0.1, 0.15) is 56.4 Å². The van der Waals surface area contributed by atoms with Gasteiger partial charge in [-0.3, -0.25) is 9.69 Å². The summed E-state index contributed by atoms with van der Waals surface area (Å²) in [5, 5.41) is 0. The largest absolute Gasteiger partial charge is 0.349 e. The molecule has 0 saturated heterocycles. The van der Waals surface area contributed by atoms with E-state index >= 15 is 0 Å². The summed E-state index contributed by atoms with van der Waals surface area (Å²) in [6, 6.07) is 2.44. The second-order valence-electron chi connectivity index (χ2n) is 6.37. The summed E-state index contributed by atoms with van der Waals surface area (Å²) >= 11 is 0. The Morgan fingerprint density at radius 2 is 1.85 bits per heavy atom. The molecular formula is C17H30N2O. The second-order valence-corrected chi connectivity index (χ2v) is 6.37. The van der Waals surface area contributed by atoms with Crippen LogP contribution < -0.4 is 0 Å². The van der Waals surface area contributed by atoms with E-state index in [1.54, 1.807) is 0 Å². The molecule has 1 aromatic heterocycles. The average Bonchev–Trinajstić information content (AvgIpc) is 2.62. The zero-order valence-corrected chi connectivity index (χ0v) is 14.2. The quantitative estimate of drug-likeness (QED) is 0.711. The van der Waals surface area contributed by atoms with E-state index in [0.29, 0.717) is 18.5 Å². The molecule has 0 bridgehead atoms. The highest BCUT2D eigenvalue weighted by atomic mass is 16.1. The first-order valence-corrected chi connectivity index (χ1v) is 7.71. The van der Waals surface area contributed by atoms with Crippen LogP contribution in [0.4, 0.5) is 0 Å². The van der Waals surface area contributed by atoms with Crippen molar-refractivity contribution >= 4 is 5.78 Å². The minimum absolute atomic E-state index is 0.243. The molecule has 0 aromatic carbocycles. The van der Waals surface area contributed by atoms with Gasteiger partial charge >= 0.3 is 0 Å². The Morgan fingerprint density at radius 3 is 2.25 bits per heavy atom. The fraction of sp³-hybridized carbons (Fsp3) is 0.706. The highest BCUT2D eigenvalue weighted by Gasteiger charge is 2.20. The fourth-order valence-corrected chi connectivity index (χ4v) is 2.77. The molecule has 114 valence electrons. The molecule has 20 heavy (non-hydrogen) atoms. The average molecular weight is 278 g/mol. The van der Waals surface area contributed by atoms with Crippen LogP contribution in [0.5, 0.6) is 0 Å². The predicted molar refractivity (Wildman–Crippen MR) is 85.5 cm³/mol. The molecular weight excluding hydrogens is 248 g/mol. The predicted octanol–water partition coefficient (Wildman–Crippen LogP) is 3.67. The second kappa shape index (κ2) is 7.07. The van der Waals surface area contributed by atoms with Crippen LogP contribution in [0.25, 0.3) is 0 Å². The summed E-state index contributed by atoms with van der Waals surface area (Å²) in [5.41, 5.74) is 3.16. The molecule has 0 aliphatic rings. The van der Waals surface area contributed by atoms with Crippen LogP contribution >= 0.6 is 0 Å². The number of hydrogen-bond acceptors (Lipinski definition) is 2. The summed E-state index contributed by atoms with van der Waals surface area (Å²) < 4.78 is 2.20. The molecule has 3 heteroatoms. The number of aryl methyl sites for hydroxylation is 1. The lowest BCUT2D eigenvalue weighted by Crippen LogP contribution is -2.38. The number of rotatable bonds is 7. The molecule has 0 radical (unpaired) electrons. The van der Waals surface area contributed by atoms with Crippen molar-refractivity contribution in [1.29, 1.82) is 0 Å². The number of aromatic nitrogens is 1. The Labute approximate surface area is 124 Å². The number of hydrogen-bond donors (Lipinski definition) is 0. The van der Waals surface area contributed by atoms with Crippen molar-refractivity contribution in [3.63, 3.8) is 0 Å². The topological polar surface area (TPSA) is 25.2 Å². The van der Waals surface area contributed by atoms with Gasteiger partial charge in [-0.2, -0.15) is 0 Å². The van der Waals surface area contributed by atoms with E-state index in [1.807, 2.05) is 13.0 Å². The lowest BCUT2D eigenvalue weighted by Gasteiger charge is -2.27.